The van der Waals surface area contributed by atoms with Gasteiger partial charge in [0.15, 0.2) is 0 Å². The summed E-state index contributed by atoms with van der Waals surface area (Å²) < 4.78 is 16.2. The molecule has 0 spiro atoms. The van der Waals surface area contributed by atoms with Crippen LogP contribution in [0.5, 0.6) is 17.2 Å². The van der Waals surface area contributed by atoms with E-state index in [-0.39, 0.29) is 12.6 Å². The molecule has 0 saturated heterocycles. The second kappa shape index (κ2) is 11.1. The fourth-order valence-electron chi connectivity index (χ4n) is 2.09. The lowest BCUT2D eigenvalue weighted by molar-refractivity contribution is -0.134. The molecule has 6 nitrogen and oxygen atoms in total. The first-order valence-electron chi connectivity index (χ1n) is 8.67. The molecule has 0 aromatic heterocycles. The second-order valence-electron chi connectivity index (χ2n) is 5.63. The predicted molar refractivity (Wildman–Crippen MR) is 98.7 cm³/mol. The number of nitrogens with one attached hydrogen (secondary N) is 1. The largest absolute Gasteiger partial charge is 0.492 e. The molecule has 2 rings (SSSR count). The molecule has 0 aliphatic carbocycles. The Labute approximate surface area is 153 Å². The number of carbonyl (C=O) groups excluding carboxylic acids is 1. The third-order valence-corrected chi connectivity index (χ3v) is 3.46. The first-order chi connectivity index (χ1) is 12.7. The van der Waals surface area contributed by atoms with E-state index in [2.05, 4.69) is 5.32 Å². The highest BCUT2D eigenvalue weighted by molar-refractivity contribution is 5.71. The maximum absolute atomic E-state index is 11.2. The van der Waals surface area contributed by atoms with Crippen molar-refractivity contribution in [3.8, 4) is 17.2 Å². The number of hydrogen-bond acceptors (Lipinski definition) is 6. The summed E-state index contributed by atoms with van der Waals surface area (Å²) in [4.78, 5) is 11.2. The van der Waals surface area contributed by atoms with Crippen molar-refractivity contribution < 1.29 is 24.1 Å². The second-order valence-corrected chi connectivity index (χ2v) is 5.63. The fourth-order valence-corrected chi connectivity index (χ4v) is 2.09. The Morgan fingerprint density at radius 1 is 1.00 bits per heavy atom. The molecule has 0 heterocycles. The van der Waals surface area contributed by atoms with E-state index in [1.807, 2.05) is 30.3 Å². The topological polar surface area (TPSA) is 77.0 Å². The van der Waals surface area contributed by atoms with Gasteiger partial charge in [-0.3, -0.25) is 4.79 Å². The minimum atomic E-state index is -0.595. The fraction of sp³-hybridized carbons (Fsp3) is 0.350. The first kappa shape index (κ1) is 19.8. The third kappa shape index (κ3) is 7.55. The van der Waals surface area contributed by atoms with Crippen LogP contribution in [-0.2, 0) is 4.79 Å². The molecule has 1 unspecified atom stereocenters. The molecule has 0 aliphatic heterocycles. The molecule has 26 heavy (non-hydrogen) atoms. The summed E-state index contributed by atoms with van der Waals surface area (Å²) in [7, 11) is 0. The van der Waals surface area contributed by atoms with Crippen molar-refractivity contribution in [2.45, 2.75) is 19.4 Å². The lowest BCUT2D eigenvalue weighted by Crippen LogP contribution is -2.33. The van der Waals surface area contributed by atoms with Gasteiger partial charge in [0.2, 0.25) is 0 Å². The molecule has 0 radical (unpaired) electrons. The van der Waals surface area contributed by atoms with Crippen LogP contribution in [0, 0.1) is 0 Å². The Kier molecular flexibility index (Phi) is 8.45. The van der Waals surface area contributed by atoms with Gasteiger partial charge >= 0.3 is 5.97 Å². The Hall–Kier alpha value is -2.57. The molecular weight excluding hydrogens is 334 g/mol. The van der Waals surface area contributed by atoms with Crippen LogP contribution in [0.25, 0.3) is 0 Å². The minimum Gasteiger partial charge on any atom is -0.492 e. The molecule has 2 aromatic rings. The number of hydrogen-bond donors (Lipinski definition) is 2. The van der Waals surface area contributed by atoms with Gasteiger partial charge in [-0.15, -0.1) is 0 Å². The van der Waals surface area contributed by atoms with E-state index in [4.69, 9.17) is 14.2 Å². The van der Waals surface area contributed by atoms with E-state index in [1.165, 1.54) is 0 Å². The number of carbonyl (C=O) groups is 1. The molecule has 0 saturated carbocycles. The molecule has 6 heteroatoms. The van der Waals surface area contributed by atoms with Crippen LogP contribution >= 0.6 is 0 Å². The number of aliphatic hydroxyl groups excluding tert-OH is 1. The number of esters is 1. The van der Waals surface area contributed by atoms with Gasteiger partial charge in [-0.1, -0.05) is 25.1 Å². The standard InChI is InChI=1S/C20H25NO5/c1-2-20(23)26-19-10-8-18(9-11-19)24-13-12-21-14-16(22)15-25-17-6-4-3-5-7-17/h3-11,16,21-22H,2,12-15H2,1H3. The normalized spacial score (nSPS) is 11.6. The Morgan fingerprint density at radius 3 is 2.35 bits per heavy atom. The quantitative estimate of drug-likeness (QED) is 0.364. The molecule has 0 fully saturated rings. The molecule has 2 N–H and O–H groups in total. The summed E-state index contributed by atoms with van der Waals surface area (Å²) in [5.41, 5.74) is 0. The third-order valence-electron chi connectivity index (χ3n) is 3.46. The average molecular weight is 359 g/mol. The van der Waals surface area contributed by atoms with E-state index >= 15 is 0 Å². The van der Waals surface area contributed by atoms with E-state index in [0.29, 0.717) is 37.6 Å². The highest BCUT2D eigenvalue weighted by Crippen LogP contribution is 2.17. The van der Waals surface area contributed by atoms with Gasteiger partial charge in [0, 0.05) is 19.5 Å². The van der Waals surface area contributed by atoms with Crippen molar-refractivity contribution in [1.29, 1.82) is 0 Å². The number of aliphatic hydroxyl groups is 1. The van der Waals surface area contributed by atoms with Crippen LogP contribution in [0.2, 0.25) is 0 Å². The van der Waals surface area contributed by atoms with Gasteiger partial charge in [0.1, 0.15) is 36.6 Å². The minimum absolute atomic E-state index is 0.232. The van der Waals surface area contributed by atoms with Crippen molar-refractivity contribution in [3.05, 3.63) is 54.6 Å². The van der Waals surface area contributed by atoms with Gasteiger partial charge in [-0.2, -0.15) is 0 Å². The number of benzene rings is 2. The average Bonchev–Trinajstić information content (AvgIpc) is 2.68. The van der Waals surface area contributed by atoms with Crippen LogP contribution in [0.3, 0.4) is 0 Å². The number of ether oxygens (including phenoxy) is 3. The van der Waals surface area contributed by atoms with Crippen LogP contribution in [-0.4, -0.2) is 43.5 Å². The lowest BCUT2D eigenvalue weighted by Gasteiger charge is -2.13. The van der Waals surface area contributed by atoms with Crippen molar-refractivity contribution >= 4 is 5.97 Å². The van der Waals surface area contributed by atoms with Crippen molar-refractivity contribution in [1.82, 2.24) is 5.32 Å². The molecule has 0 bridgehead atoms. The van der Waals surface area contributed by atoms with E-state index < -0.39 is 6.10 Å². The van der Waals surface area contributed by atoms with Crippen molar-refractivity contribution in [2.75, 3.05) is 26.3 Å². The van der Waals surface area contributed by atoms with Crippen LogP contribution in [0.1, 0.15) is 13.3 Å². The van der Waals surface area contributed by atoms with E-state index in [9.17, 15) is 9.90 Å². The summed E-state index contributed by atoms with van der Waals surface area (Å²) >= 11 is 0. The summed E-state index contributed by atoms with van der Waals surface area (Å²) in [6.07, 6.45) is -0.255. The molecule has 2 aromatic carbocycles. The van der Waals surface area contributed by atoms with Gasteiger partial charge < -0.3 is 24.6 Å². The van der Waals surface area contributed by atoms with Gasteiger partial charge in [-0.05, 0) is 36.4 Å². The summed E-state index contributed by atoms with van der Waals surface area (Å²) in [5.74, 6) is 1.67. The van der Waals surface area contributed by atoms with Crippen molar-refractivity contribution in [3.63, 3.8) is 0 Å². The summed E-state index contributed by atoms with van der Waals surface area (Å²) in [6.45, 7) is 3.45. The maximum Gasteiger partial charge on any atom is 0.310 e. The molecule has 0 amide bonds. The molecular formula is C20H25NO5. The van der Waals surface area contributed by atoms with Gasteiger partial charge in [-0.25, -0.2) is 0 Å². The Balaban J connectivity index is 1.56. The van der Waals surface area contributed by atoms with Gasteiger partial charge in [0.25, 0.3) is 0 Å². The predicted octanol–water partition coefficient (Wildman–Crippen LogP) is 2.41. The molecule has 0 aliphatic rings. The highest BCUT2D eigenvalue weighted by atomic mass is 16.5. The number of para-hydroxylation sites is 1. The van der Waals surface area contributed by atoms with Crippen molar-refractivity contribution in [2.24, 2.45) is 0 Å². The van der Waals surface area contributed by atoms with Crippen LogP contribution in [0.4, 0.5) is 0 Å². The number of rotatable bonds is 11. The van der Waals surface area contributed by atoms with Crippen LogP contribution < -0.4 is 19.5 Å². The Bertz CT molecular complexity index is 645. The van der Waals surface area contributed by atoms with Gasteiger partial charge in [0.05, 0.1) is 0 Å². The smallest absolute Gasteiger partial charge is 0.310 e. The monoisotopic (exact) mass is 359 g/mol. The highest BCUT2D eigenvalue weighted by Gasteiger charge is 2.05. The zero-order chi connectivity index (χ0) is 18.6. The zero-order valence-corrected chi connectivity index (χ0v) is 14.9. The summed E-state index contributed by atoms with van der Waals surface area (Å²) in [6, 6.07) is 16.3. The molecule has 140 valence electrons. The lowest BCUT2D eigenvalue weighted by atomic mass is 10.3. The van der Waals surface area contributed by atoms with E-state index in [0.717, 1.165) is 5.75 Å². The van der Waals surface area contributed by atoms with E-state index in [1.54, 1.807) is 31.2 Å². The first-order valence-corrected chi connectivity index (χ1v) is 8.67. The zero-order valence-electron chi connectivity index (χ0n) is 14.9. The SMILES string of the molecule is CCC(=O)Oc1ccc(OCCNCC(O)COc2ccccc2)cc1. The van der Waals surface area contributed by atoms with Crippen LogP contribution in [0.15, 0.2) is 54.6 Å². The summed E-state index contributed by atoms with van der Waals surface area (Å²) in [5, 5.41) is 13.0. The molecule has 1 atom stereocenters. The maximum atomic E-state index is 11.2. The Morgan fingerprint density at radius 2 is 1.65 bits per heavy atom.